The summed E-state index contributed by atoms with van der Waals surface area (Å²) in [4.78, 5) is 15.7. The van der Waals surface area contributed by atoms with Gasteiger partial charge in [-0.05, 0) is 25.0 Å². The third-order valence-corrected chi connectivity index (χ3v) is 5.81. The van der Waals surface area contributed by atoms with Gasteiger partial charge in [0.25, 0.3) is 0 Å². The van der Waals surface area contributed by atoms with E-state index < -0.39 is 0 Å². The van der Waals surface area contributed by atoms with Crippen LogP contribution >= 0.6 is 23.1 Å². The molecule has 0 unspecified atom stereocenters. The van der Waals surface area contributed by atoms with Gasteiger partial charge in [-0.25, -0.2) is 4.98 Å². The number of primary amides is 1. The lowest BCUT2D eigenvalue weighted by atomic mass is 10.3. The number of hydrogen-bond acceptors (Lipinski definition) is 7. The Balaban J connectivity index is 1.46. The third kappa shape index (κ3) is 3.77. The summed E-state index contributed by atoms with van der Waals surface area (Å²) < 4.78 is 7.41. The molecular weight excluding hydrogens is 358 g/mol. The van der Waals surface area contributed by atoms with E-state index >= 15 is 0 Å². The predicted molar refractivity (Wildman–Crippen MR) is 95.2 cm³/mol. The highest BCUT2D eigenvalue weighted by Crippen LogP contribution is 2.40. The van der Waals surface area contributed by atoms with Crippen molar-refractivity contribution in [3.63, 3.8) is 0 Å². The van der Waals surface area contributed by atoms with Gasteiger partial charge in [0.15, 0.2) is 15.9 Å². The fourth-order valence-electron chi connectivity index (χ4n) is 2.51. The highest BCUT2D eigenvalue weighted by atomic mass is 32.2. The average molecular weight is 375 g/mol. The summed E-state index contributed by atoms with van der Waals surface area (Å²) in [5, 5.41) is 12.3. The van der Waals surface area contributed by atoms with Crippen LogP contribution in [-0.2, 0) is 17.1 Å². The van der Waals surface area contributed by atoms with Crippen molar-refractivity contribution in [1.29, 1.82) is 0 Å². The summed E-state index contributed by atoms with van der Waals surface area (Å²) in [6, 6.07) is 3.75. The van der Waals surface area contributed by atoms with E-state index in [1.165, 1.54) is 0 Å². The molecule has 2 N–H and O–H groups in total. The van der Waals surface area contributed by atoms with Crippen LogP contribution in [0.1, 0.15) is 36.7 Å². The van der Waals surface area contributed by atoms with Crippen molar-refractivity contribution in [2.24, 2.45) is 5.73 Å². The number of thiazole rings is 1. The van der Waals surface area contributed by atoms with Crippen molar-refractivity contribution >= 4 is 29.0 Å². The summed E-state index contributed by atoms with van der Waals surface area (Å²) >= 11 is 3.14. The number of thioether (sulfide) groups is 1. The van der Waals surface area contributed by atoms with E-state index in [1.54, 1.807) is 29.4 Å². The quantitative estimate of drug-likeness (QED) is 0.608. The topological polar surface area (TPSA) is 99.8 Å². The lowest BCUT2D eigenvalue weighted by Gasteiger charge is -2.08. The molecule has 1 saturated carbocycles. The minimum Gasteiger partial charge on any atom is -0.462 e. The minimum atomic E-state index is -0.311. The molecule has 0 spiro atoms. The largest absolute Gasteiger partial charge is 0.462 e. The molecule has 0 saturated heterocycles. The monoisotopic (exact) mass is 375 g/mol. The van der Waals surface area contributed by atoms with Crippen LogP contribution < -0.4 is 5.73 Å². The number of hydrogen-bond donors (Lipinski definition) is 1. The van der Waals surface area contributed by atoms with Crippen molar-refractivity contribution in [1.82, 2.24) is 19.7 Å². The second kappa shape index (κ2) is 7.01. The number of furan rings is 1. The second-order valence-corrected chi connectivity index (χ2v) is 7.69. The highest BCUT2D eigenvalue weighted by molar-refractivity contribution is 7.98. The van der Waals surface area contributed by atoms with Crippen molar-refractivity contribution < 1.29 is 9.21 Å². The maximum Gasteiger partial charge on any atom is 0.219 e. The molecule has 1 amide bonds. The molecule has 9 heteroatoms. The number of rotatable bonds is 8. The number of nitrogens with zero attached hydrogens (tertiary/aromatic N) is 4. The number of nitrogens with two attached hydrogens (primary N) is 1. The lowest BCUT2D eigenvalue weighted by Crippen LogP contribution is -2.15. The van der Waals surface area contributed by atoms with Gasteiger partial charge in [-0.1, -0.05) is 11.8 Å². The fraction of sp³-hybridized carbons (Fsp3) is 0.375. The molecule has 130 valence electrons. The molecule has 4 rings (SSSR count). The Morgan fingerprint density at radius 3 is 3.04 bits per heavy atom. The first-order valence-electron chi connectivity index (χ1n) is 8.03. The maximum absolute atomic E-state index is 11.1. The van der Waals surface area contributed by atoms with Gasteiger partial charge in [-0.3, -0.25) is 4.79 Å². The number of aromatic nitrogens is 4. The van der Waals surface area contributed by atoms with Gasteiger partial charge in [0, 0.05) is 30.0 Å². The van der Waals surface area contributed by atoms with E-state index in [1.807, 2.05) is 22.1 Å². The Morgan fingerprint density at radius 2 is 2.32 bits per heavy atom. The molecule has 0 aliphatic heterocycles. The van der Waals surface area contributed by atoms with E-state index in [9.17, 15) is 4.79 Å². The third-order valence-electron chi connectivity index (χ3n) is 3.90. The highest BCUT2D eigenvalue weighted by Gasteiger charge is 2.30. The second-order valence-electron chi connectivity index (χ2n) is 5.89. The zero-order chi connectivity index (χ0) is 17.2. The van der Waals surface area contributed by atoms with E-state index in [2.05, 4.69) is 15.2 Å². The molecule has 3 aromatic rings. The van der Waals surface area contributed by atoms with E-state index in [4.69, 9.17) is 10.2 Å². The Hall–Kier alpha value is -2.13. The van der Waals surface area contributed by atoms with Crippen molar-refractivity contribution in [3.05, 3.63) is 35.3 Å². The van der Waals surface area contributed by atoms with Gasteiger partial charge < -0.3 is 14.7 Å². The summed E-state index contributed by atoms with van der Waals surface area (Å²) in [6.07, 6.45) is 4.21. The fourth-order valence-corrected chi connectivity index (χ4v) is 4.26. The summed E-state index contributed by atoms with van der Waals surface area (Å²) in [7, 11) is 0. The molecule has 0 bridgehead atoms. The molecule has 1 aliphatic carbocycles. The van der Waals surface area contributed by atoms with Crippen LogP contribution in [0.3, 0.4) is 0 Å². The molecule has 3 heterocycles. The number of carbonyl (C=O) groups is 1. The summed E-state index contributed by atoms with van der Waals surface area (Å²) in [5.41, 5.74) is 6.27. The van der Waals surface area contributed by atoms with Crippen molar-refractivity contribution in [2.75, 3.05) is 0 Å². The van der Waals surface area contributed by atoms with Crippen LogP contribution in [0.2, 0.25) is 0 Å². The summed E-state index contributed by atoms with van der Waals surface area (Å²) in [6.45, 7) is 0.533. The Labute approximate surface area is 152 Å². The van der Waals surface area contributed by atoms with Gasteiger partial charge >= 0.3 is 0 Å². The lowest BCUT2D eigenvalue weighted by molar-refractivity contribution is -0.118. The SMILES string of the molecule is NC(=O)CCn1c(SCc2csc(-c3ccco3)n2)nnc1C1CC1. The van der Waals surface area contributed by atoms with Gasteiger partial charge in [0.1, 0.15) is 5.82 Å². The van der Waals surface area contributed by atoms with Crippen molar-refractivity contribution in [2.45, 2.75) is 42.6 Å². The standard InChI is InChI=1S/C16H17N5O2S2/c17-13(22)5-6-21-14(10-3-4-10)19-20-16(21)25-9-11-8-24-15(18-11)12-2-1-7-23-12/h1-2,7-8,10H,3-6,9H2,(H2,17,22). The smallest absolute Gasteiger partial charge is 0.219 e. The molecular formula is C16H17N5O2S2. The molecule has 1 aliphatic rings. The van der Waals surface area contributed by atoms with Crippen LogP contribution in [0.4, 0.5) is 0 Å². The van der Waals surface area contributed by atoms with Crippen LogP contribution in [0, 0.1) is 0 Å². The summed E-state index contributed by atoms with van der Waals surface area (Å²) in [5.74, 6) is 2.60. The van der Waals surface area contributed by atoms with Crippen LogP contribution in [0.25, 0.3) is 10.8 Å². The first-order valence-corrected chi connectivity index (χ1v) is 9.89. The maximum atomic E-state index is 11.1. The molecule has 0 atom stereocenters. The van der Waals surface area contributed by atoms with Crippen molar-refractivity contribution in [3.8, 4) is 10.8 Å². The number of amides is 1. The first-order chi connectivity index (χ1) is 12.2. The van der Waals surface area contributed by atoms with Crippen LogP contribution in [0.15, 0.2) is 33.3 Å². The number of carbonyl (C=O) groups excluding carboxylic acids is 1. The molecule has 1 fully saturated rings. The Kier molecular flexibility index (Phi) is 4.58. The van der Waals surface area contributed by atoms with Crippen LogP contribution in [0.5, 0.6) is 0 Å². The van der Waals surface area contributed by atoms with E-state index in [-0.39, 0.29) is 5.91 Å². The first kappa shape index (κ1) is 16.3. The van der Waals surface area contributed by atoms with Gasteiger partial charge in [0.05, 0.1) is 12.0 Å². The van der Waals surface area contributed by atoms with Crippen LogP contribution in [-0.4, -0.2) is 25.7 Å². The molecule has 3 aromatic heterocycles. The zero-order valence-electron chi connectivity index (χ0n) is 13.4. The van der Waals surface area contributed by atoms with Gasteiger partial charge in [-0.15, -0.1) is 21.5 Å². The normalized spacial score (nSPS) is 14.1. The van der Waals surface area contributed by atoms with E-state index in [0.717, 1.165) is 40.3 Å². The molecule has 0 aromatic carbocycles. The Morgan fingerprint density at radius 1 is 1.44 bits per heavy atom. The average Bonchev–Trinajstić information content (AvgIpc) is 3.04. The van der Waals surface area contributed by atoms with Gasteiger partial charge in [-0.2, -0.15) is 0 Å². The molecule has 7 nitrogen and oxygen atoms in total. The van der Waals surface area contributed by atoms with Gasteiger partial charge in [0.2, 0.25) is 5.91 Å². The van der Waals surface area contributed by atoms with E-state index in [0.29, 0.717) is 24.6 Å². The molecule has 0 radical (unpaired) electrons. The minimum absolute atomic E-state index is 0.296. The molecule has 25 heavy (non-hydrogen) atoms. The predicted octanol–water partition coefficient (Wildman–Crippen LogP) is 3.04. The zero-order valence-corrected chi connectivity index (χ0v) is 15.1. The Bertz CT molecular complexity index is 867.